The summed E-state index contributed by atoms with van der Waals surface area (Å²) in [5.41, 5.74) is 1.78. The third kappa shape index (κ3) is 3.12. The van der Waals surface area contributed by atoms with Crippen LogP contribution in [0.4, 0.5) is 11.5 Å². The number of nitro benzene ring substituents is 1. The fourth-order valence-electron chi connectivity index (χ4n) is 3.35. The minimum absolute atomic E-state index is 0.0741. The molecule has 1 aliphatic rings. The number of halogens is 1. The van der Waals surface area contributed by atoms with Crippen molar-refractivity contribution in [3.05, 3.63) is 45.0 Å². The summed E-state index contributed by atoms with van der Waals surface area (Å²) < 4.78 is 0. The summed E-state index contributed by atoms with van der Waals surface area (Å²) in [7, 11) is 0. The molecule has 2 aromatic heterocycles. The summed E-state index contributed by atoms with van der Waals surface area (Å²) >= 11 is 7.65. The molecule has 1 fully saturated rings. The molecule has 0 aliphatic carbocycles. The number of hydrogen-bond donors (Lipinski definition) is 0. The largest absolute Gasteiger partial charge is 0.356 e. The maximum absolute atomic E-state index is 11.1. The van der Waals surface area contributed by atoms with Gasteiger partial charge in [-0.2, -0.15) is 4.98 Å². The van der Waals surface area contributed by atoms with Gasteiger partial charge in [0.1, 0.15) is 10.6 Å². The average Bonchev–Trinajstić information content (AvgIpc) is 3.05. The highest BCUT2D eigenvalue weighted by Crippen LogP contribution is 2.40. The van der Waals surface area contributed by atoms with E-state index >= 15 is 0 Å². The van der Waals surface area contributed by atoms with Crippen LogP contribution >= 0.6 is 22.9 Å². The van der Waals surface area contributed by atoms with Crippen LogP contribution in [0.3, 0.4) is 0 Å². The van der Waals surface area contributed by atoms with Gasteiger partial charge in [-0.3, -0.25) is 10.1 Å². The first-order valence-corrected chi connectivity index (χ1v) is 9.73. The molecule has 0 spiro atoms. The van der Waals surface area contributed by atoms with Gasteiger partial charge in [-0.05, 0) is 35.9 Å². The van der Waals surface area contributed by atoms with E-state index in [1.54, 1.807) is 12.1 Å². The second-order valence-corrected chi connectivity index (χ2v) is 7.82. The molecule has 26 heavy (non-hydrogen) atoms. The summed E-state index contributed by atoms with van der Waals surface area (Å²) in [6.45, 7) is 4.11. The molecule has 0 radical (unpaired) electrons. The SMILES string of the molecule is CC1CCN(c2nc(Cl)nc3scc(-c4cccc([N+](=O)[O-])c4)c23)CC1. The fourth-order valence-corrected chi connectivity index (χ4v) is 4.50. The lowest BCUT2D eigenvalue weighted by molar-refractivity contribution is -0.384. The van der Waals surface area contributed by atoms with Crippen molar-refractivity contribution in [2.45, 2.75) is 19.8 Å². The van der Waals surface area contributed by atoms with Gasteiger partial charge < -0.3 is 4.90 Å². The van der Waals surface area contributed by atoms with E-state index in [0.717, 1.165) is 53.1 Å². The Labute approximate surface area is 159 Å². The first-order valence-electron chi connectivity index (χ1n) is 8.47. The summed E-state index contributed by atoms with van der Waals surface area (Å²) in [6.07, 6.45) is 2.22. The zero-order chi connectivity index (χ0) is 18.3. The number of piperidine rings is 1. The summed E-state index contributed by atoms with van der Waals surface area (Å²) in [5, 5.41) is 14.3. The van der Waals surface area contributed by atoms with E-state index in [9.17, 15) is 10.1 Å². The van der Waals surface area contributed by atoms with Gasteiger partial charge in [0, 0.05) is 36.2 Å². The molecule has 8 heteroatoms. The van der Waals surface area contributed by atoms with Crippen LogP contribution in [-0.4, -0.2) is 28.0 Å². The van der Waals surface area contributed by atoms with Gasteiger partial charge in [0.2, 0.25) is 5.28 Å². The molecule has 0 saturated carbocycles. The fraction of sp³-hybridized carbons (Fsp3) is 0.333. The van der Waals surface area contributed by atoms with Crippen molar-refractivity contribution in [2.24, 2.45) is 5.92 Å². The molecule has 3 heterocycles. The van der Waals surface area contributed by atoms with Crippen molar-refractivity contribution in [3.8, 4) is 11.1 Å². The van der Waals surface area contributed by atoms with Gasteiger partial charge in [-0.25, -0.2) is 4.98 Å². The molecular formula is C18H17ClN4O2S. The second-order valence-electron chi connectivity index (χ2n) is 6.62. The van der Waals surface area contributed by atoms with Gasteiger partial charge >= 0.3 is 0 Å². The van der Waals surface area contributed by atoms with Crippen LogP contribution < -0.4 is 4.90 Å². The van der Waals surface area contributed by atoms with Crippen molar-refractivity contribution < 1.29 is 4.92 Å². The maximum atomic E-state index is 11.1. The van der Waals surface area contributed by atoms with Crippen LogP contribution in [0.5, 0.6) is 0 Å². The normalized spacial score (nSPS) is 15.5. The zero-order valence-corrected chi connectivity index (χ0v) is 15.8. The number of non-ortho nitro benzene ring substituents is 1. The number of thiophene rings is 1. The highest BCUT2D eigenvalue weighted by molar-refractivity contribution is 7.17. The van der Waals surface area contributed by atoms with Crippen molar-refractivity contribution in [1.82, 2.24) is 9.97 Å². The predicted octanol–water partition coefficient (Wildman–Crippen LogP) is 5.16. The number of nitrogens with zero attached hydrogens (tertiary/aromatic N) is 4. The summed E-state index contributed by atoms with van der Waals surface area (Å²) in [5.74, 6) is 1.53. The summed E-state index contributed by atoms with van der Waals surface area (Å²) in [4.78, 5) is 22.7. The first-order chi connectivity index (χ1) is 12.5. The summed E-state index contributed by atoms with van der Waals surface area (Å²) in [6, 6.07) is 6.68. The number of benzene rings is 1. The highest BCUT2D eigenvalue weighted by atomic mass is 35.5. The first kappa shape index (κ1) is 17.2. The molecule has 0 bridgehead atoms. The van der Waals surface area contributed by atoms with Crippen LogP contribution in [0.15, 0.2) is 29.6 Å². The molecule has 1 aliphatic heterocycles. The van der Waals surface area contributed by atoms with E-state index in [0.29, 0.717) is 5.92 Å². The van der Waals surface area contributed by atoms with Crippen LogP contribution in [0, 0.1) is 16.0 Å². The van der Waals surface area contributed by atoms with Crippen LogP contribution in [-0.2, 0) is 0 Å². The molecule has 0 N–H and O–H groups in total. The van der Waals surface area contributed by atoms with E-state index in [-0.39, 0.29) is 15.9 Å². The van der Waals surface area contributed by atoms with Crippen molar-refractivity contribution in [3.63, 3.8) is 0 Å². The van der Waals surface area contributed by atoms with E-state index < -0.39 is 0 Å². The van der Waals surface area contributed by atoms with Gasteiger partial charge in [0.25, 0.3) is 5.69 Å². The predicted molar refractivity (Wildman–Crippen MR) is 105 cm³/mol. The molecule has 4 rings (SSSR count). The molecule has 0 unspecified atom stereocenters. The standard InChI is InChI=1S/C18H17ClN4O2S/c1-11-5-7-22(8-6-11)16-15-14(10-26-17(15)21-18(19)20-16)12-3-2-4-13(9-12)23(24)25/h2-4,9-11H,5-8H2,1H3. The van der Waals surface area contributed by atoms with Crippen molar-refractivity contribution in [2.75, 3.05) is 18.0 Å². The van der Waals surface area contributed by atoms with Crippen molar-refractivity contribution in [1.29, 1.82) is 0 Å². The highest BCUT2D eigenvalue weighted by Gasteiger charge is 2.23. The third-order valence-electron chi connectivity index (χ3n) is 4.84. The molecule has 6 nitrogen and oxygen atoms in total. The maximum Gasteiger partial charge on any atom is 0.270 e. The van der Waals surface area contributed by atoms with Gasteiger partial charge in [-0.1, -0.05) is 19.1 Å². The average molecular weight is 389 g/mol. The zero-order valence-electron chi connectivity index (χ0n) is 14.2. The van der Waals surface area contributed by atoms with Gasteiger partial charge in [0.15, 0.2) is 0 Å². The molecule has 134 valence electrons. The lowest BCUT2D eigenvalue weighted by Gasteiger charge is -2.31. The molecular weight excluding hydrogens is 372 g/mol. The number of nitro groups is 1. The van der Waals surface area contributed by atoms with Gasteiger partial charge in [0.05, 0.1) is 10.3 Å². The van der Waals surface area contributed by atoms with Gasteiger partial charge in [-0.15, -0.1) is 11.3 Å². The monoisotopic (exact) mass is 388 g/mol. The van der Waals surface area contributed by atoms with E-state index in [1.165, 1.54) is 17.4 Å². The Kier molecular flexibility index (Phi) is 4.50. The Balaban J connectivity index is 1.87. The minimum atomic E-state index is -0.377. The van der Waals surface area contributed by atoms with Crippen molar-refractivity contribution >= 4 is 44.7 Å². The number of anilines is 1. The number of fused-ring (bicyclic) bond motifs is 1. The molecule has 1 saturated heterocycles. The molecule has 0 atom stereocenters. The number of aromatic nitrogens is 2. The Morgan fingerprint density at radius 2 is 2.08 bits per heavy atom. The minimum Gasteiger partial charge on any atom is -0.356 e. The van der Waals surface area contributed by atoms with Crippen LogP contribution in [0.1, 0.15) is 19.8 Å². The Hall–Kier alpha value is -2.25. The molecule has 0 amide bonds. The van der Waals surface area contributed by atoms with Crippen LogP contribution in [0.2, 0.25) is 5.28 Å². The lowest BCUT2D eigenvalue weighted by atomic mass is 9.98. The quantitative estimate of drug-likeness (QED) is 0.352. The number of rotatable bonds is 3. The Bertz CT molecular complexity index is 982. The second kappa shape index (κ2) is 6.81. The topological polar surface area (TPSA) is 72.2 Å². The number of hydrogen-bond acceptors (Lipinski definition) is 6. The molecule has 3 aromatic rings. The Morgan fingerprint density at radius 3 is 2.81 bits per heavy atom. The molecule has 1 aromatic carbocycles. The third-order valence-corrected chi connectivity index (χ3v) is 5.88. The van der Waals surface area contributed by atoms with E-state index in [2.05, 4.69) is 21.8 Å². The van der Waals surface area contributed by atoms with Crippen LogP contribution in [0.25, 0.3) is 21.3 Å². The van der Waals surface area contributed by atoms with E-state index in [4.69, 9.17) is 11.6 Å². The lowest BCUT2D eigenvalue weighted by Crippen LogP contribution is -2.33. The van der Waals surface area contributed by atoms with E-state index in [1.807, 2.05) is 11.4 Å². The Morgan fingerprint density at radius 1 is 1.31 bits per heavy atom. The smallest absolute Gasteiger partial charge is 0.270 e.